The number of nitrogens with zero attached hydrogens (tertiary/aromatic N) is 4. The van der Waals surface area contributed by atoms with Gasteiger partial charge in [-0.3, -0.25) is 15.0 Å². The van der Waals surface area contributed by atoms with Gasteiger partial charge in [-0.2, -0.15) is 11.3 Å². The first-order valence-corrected chi connectivity index (χ1v) is 10.2. The Morgan fingerprint density at radius 1 is 1.15 bits per heavy atom. The molecule has 0 amide bonds. The van der Waals surface area contributed by atoms with Crippen molar-refractivity contribution in [3.63, 3.8) is 0 Å². The molecule has 0 unspecified atom stereocenters. The fourth-order valence-electron chi connectivity index (χ4n) is 3.09. The molecule has 134 valence electrons. The van der Waals surface area contributed by atoms with Crippen LogP contribution in [0.1, 0.15) is 5.69 Å². The highest BCUT2D eigenvalue weighted by molar-refractivity contribution is 7.14. The zero-order chi connectivity index (χ0) is 17.9. The van der Waals surface area contributed by atoms with E-state index in [-0.39, 0.29) is 10.6 Å². The Balaban J connectivity index is 1.35. The summed E-state index contributed by atoms with van der Waals surface area (Å²) in [4.78, 5) is 20.0. The van der Waals surface area contributed by atoms with Crippen LogP contribution < -0.4 is 4.90 Å². The summed E-state index contributed by atoms with van der Waals surface area (Å²) in [6.07, 6.45) is 0. The molecule has 0 aliphatic carbocycles. The van der Waals surface area contributed by atoms with E-state index in [4.69, 9.17) is 4.98 Å². The Hall–Kier alpha value is -2.29. The van der Waals surface area contributed by atoms with Crippen LogP contribution in [-0.2, 0) is 6.54 Å². The van der Waals surface area contributed by atoms with Gasteiger partial charge in [0.2, 0.25) is 0 Å². The summed E-state index contributed by atoms with van der Waals surface area (Å²) in [5.41, 5.74) is 3.38. The van der Waals surface area contributed by atoms with Crippen LogP contribution in [0.15, 0.2) is 46.5 Å². The van der Waals surface area contributed by atoms with Gasteiger partial charge in [0.05, 0.1) is 10.6 Å². The third kappa shape index (κ3) is 3.77. The summed E-state index contributed by atoms with van der Waals surface area (Å²) in [6.45, 7) is 4.43. The maximum atomic E-state index is 11.0. The fourth-order valence-corrected chi connectivity index (χ4v) is 4.62. The third-order valence-electron chi connectivity index (χ3n) is 4.48. The van der Waals surface area contributed by atoms with Crippen molar-refractivity contribution in [3.8, 4) is 10.6 Å². The molecule has 4 rings (SSSR count). The lowest BCUT2D eigenvalue weighted by molar-refractivity contribution is -0.384. The van der Waals surface area contributed by atoms with E-state index in [1.54, 1.807) is 34.8 Å². The topological polar surface area (TPSA) is 62.5 Å². The fraction of sp³-hybridized carbons (Fsp3) is 0.278. The Kier molecular flexibility index (Phi) is 4.96. The van der Waals surface area contributed by atoms with Gasteiger partial charge in [-0.15, -0.1) is 11.3 Å². The molecule has 6 nitrogen and oxygen atoms in total. The van der Waals surface area contributed by atoms with Gasteiger partial charge in [-0.1, -0.05) is 6.07 Å². The molecule has 3 aromatic rings. The highest BCUT2D eigenvalue weighted by Gasteiger charge is 2.19. The van der Waals surface area contributed by atoms with Crippen LogP contribution in [0, 0.1) is 10.1 Å². The SMILES string of the molecule is O=[N+]([O-])c1cccc(N2CCN(Cc3csc(-c4ccsc4)n3)CC2)c1. The summed E-state index contributed by atoms with van der Waals surface area (Å²) >= 11 is 3.38. The lowest BCUT2D eigenvalue weighted by Crippen LogP contribution is -2.46. The molecule has 2 aromatic heterocycles. The van der Waals surface area contributed by atoms with Crippen LogP contribution >= 0.6 is 22.7 Å². The van der Waals surface area contributed by atoms with E-state index in [9.17, 15) is 10.1 Å². The van der Waals surface area contributed by atoms with Gasteiger partial charge in [-0.05, 0) is 17.5 Å². The van der Waals surface area contributed by atoms with Gasteiger partial charge < -0.3 is 4.90 Å². The number of benzene rings is 1. The number of nitro benzene ring substituents is 1. The number of non-ortho nitro benzene ring substituents is 1. The number of thiazole rings is 1. The molecular formula is C18H18N4O2S2. The summed E-state index contributed by atoms with van der Waals surface area (Å²) in [7, 11) is 0. The monoisotopic (exact) mass is 386 g/mol. The van der Waals surface area contributed by atoms with Crippen LogP contribution in [0.2, 0.25) is 0 Å². The number of hydrogen-bond acceptors (Lipinski definition) is 7. The summed E-state index contributed by atoms with van der Waals surface area (Å²) in [6, 6.07) is 8.98. The minimum Gasteiger partial charge on any atom is -0.369 e. The number of rotatable bonds is 5. The first-order chi connectivity index (χ1) is 12.7. The Bertz CT molecular complexity index is 886. The molecule has 1 fully saturated rings. The predicted octanol–water partition coefficient (Wildman–Crippen LogP) is 4.10. The second kappa shape index (κ2) is 7.53. The smallest absolute Gasteiger partial charge is 0.271 e. The van der Waals surface area contributed by atoms with Gasteiger partial charge in [0, 0.05) is 66.9 Å². The molecule has 0 spiro atoms. The van der Waals surface area contributed by atoms with E-state index in [1.165, 1.54) is 11.6 Å². The maximum absolute atomic E-state index is 11.0. The molecule has 0 N–H and O–H groups in total. The molecule has 1 aliphatic rings. The van der Waals surface area contributed by atoms with Crippen molar-refractivity contribution in [3.05, 3.63) is 62.3 Å². The van der Waals surface area contributed by atoms with Crippen molar-refractivity contribution in [1.82, 2.24) is 9.88 Å². The summed E-state index contributed by atoms with van der Waals surface area (Å²) in [5, 5.41) is 18.4. The number of anilines is 1. The van der Waals surface area contributed by atoms with Crippen LogP contribution in [0.3, 0.4) is 0 Å². The molecule has 0 radical (unpaired) electrons. The Morgan fingerprint density at radius 3 is 2.73 bits per heavy atom. The zero-order valence-electron chi connectivity index (χ0n) is 14.1. The molecule has 26 heavy (non-hydrogen) atoms. The average molecular weight is 387 g/mol. The zero-order valence-corrected chi connectivity index (χ0v) is 15.7. The average Bonchev–Trinajstić information content (AvgIpc) is 3.34. The van der Waals surface area contributed by atoms with Gasteiger partial charge in [0.1, 0.15) is 5.01 Å². The summed E-state index contributed by atoms with van der Waals surface area (Å²) in [5.74, 6) is 0. The van der Waals surface area contributed by atoms with Gasteiger partial charge in [0.15, 0.2) is 0 Å². The van der Waals surface area contributed by atoms with Crippen molar-refractivity contribution in [2.75, 3.05) is 31.1 Å². The van der Waals surface area contributed by atoms with Gasteiger partial charge in [0.25, 0.3) is 5.69 Å². The van der Waals surface area contributed by atoms with Gasteiger partial charge in [-0.25, -0.2) is 4.98 Å². The second-order valence-electron chi connectivity index (χ2n) is 6.20. The Morgan fingerprint density at radius 2 is 2.00 bits per heavy atom. The van der Waals surface area contributed by atoms with Crippen molar-refractivity contribution in [1.29, 1.82) is 0 Å². The molecule has 1 saturated heterocycles. The second-order valence-corrected chi connectivity index (χ2v) is 7.83. The molecule has 0 bridgehead atoms. The molecule has 0 atom stereocenters. The number of piperazine rings is 1. The van der Waals surface area contributed by atoms with Crippen LogP contribution in [0.25, 0.3) is 10.6 Å². The minimum absolute atomic E-state index is 0.147. The Labute approximate surface area is 159 Å². The quantitative estimate of drug-likeness (QED) is 0.488. The first-order valence-electron chi connectivity index (χ1n) is 8.38. The van der Waals surface area contributed by atoms with Crippen molar-refractivity contribution >= 4 is 34.0 Å². The number of nitro groups is 1. The minimum atomic E-state index is -0.340. The molecule has 3 heterocycles. The third-order valence-corrected chi connectivity index (χ3v) is 6.11. The van der Waals surface area contributed by atoms with E-state index in [1.807, 2.05) is 6.07 Å². The normalized spacial score (nSPS) is 15.3. The van der Waals surface area contributed by atoms with E-state index in [0.717, 1.165) is 49.1 Å². The molecule has 1 aliphatic heterocycles. The van der Waals surface area contributed by atoms with E-state index >= 15 is 0 Å². The van der Waals surface area contributed by atoms with Crippen LogP contribution in [0.4, 0.5) is 11.4 Å². The van der Waals surface area contributed by atoms with Crippen molar-refractivity contribution in [2.45, 2.75) is 6.54 Å². The lowest BCUT2D eigenvalue weighted by atomic mass is 10.2. The van der Waals surface area contributed by atoms with Crippen LogP contribution in [0.5, 0.6) is 0 Å². The van der Waals surface area contributed by atoms with Crippen molar-refractivity contribution in [2.24, 2.45) is 0 Å². The molecule has 0 saturated carbocycles. The van der Waals surface area contributed by atoms with E-state index in [2.05, 4.69) is 32.0 Å². The molecular weight excluding hydrogens is 368 g/mol. The first kappa shape index (κ1) is 17.1. The number of aromatic nitrogens is 1. The molecule has 1 aromatic carbocycles. The predicted molar refractivity (Wildman–Crippen MR) is 106 cm³/mol. The number of hydrogen-bond donors (Lipinski definition) is 0. The summed E-state index contributed by atoms with van der Waals surface area (Å²) < 4.78 is 0. The highest BCUT2D eigenvalue weighted by atomic mass is 32.1. The largest absolute Gasteiger partial charge is 0.369 e. The molecule has 8 heteroatoms. The highest BCUT2D eigenvalue weighted by Crippen LogP contribution is 2.27. The number of thiophene rings is 1. The van der Waals surface area contributed by atoms with Gasteiger partial charge >= 0.3 is 0 Å². The van der Waals surface area contributed by atoms with E-state index < -0.39 is 0 Å². The van der Waals surface area contributed by atoms with Crippen molar-refractivity contribution < 1.29 is 4.92 Å². The van der Waals surface area contributed by atoms with Crippen LogP contribution in [-0.4, -0.2) is 41.0 Å². The lowest BCUT2D eigenvalue weighted by Gasteiger charge is -2.35. The standard InChI is InChI=1S/C18H18N4O2S2/c23-22(24)17-3-1-2-16(10-17)21-7-5-20(6-8-21)11-15-13-26-18(19-15)14-4-9-25-12-14/h1-4,9-10,12-13H,5-8,11H2. The van der Waals surface area contributed by atoms with E-state index in [0.29, 0.717) is 0 Å². The maximum Gasteiger partial charge on any atom is 0.271 e.